The fourth-order valence-electron chi connectivity index (χ4n) is 2.76. The third kappa shape index (κ3) is 2.10. The minimum absolute atomic E-state index is 0.429. The summed E-state index contributed by atoms with van der Waals surface area (Å²) in [7, 11) is 0. The second-order valence-electron chi connectivity index (χ2n) is 5.32. The van der Waals surface area contributed by atoms with E-state index in [1.54, 1.807) is 0 Å². The molecule has 0 amide bonds. The summed E-state index contributed by atoms with van der Waals surface area (Å²) >= 11 is 0. The average Bonchev–Trinajstić information content (AvgIpc) is 3.12. The monoisotopic (exact) mass is 302 g/mol. The molecule has 2 aromatic heterocycles. The Labute approximate surface area is 132 Å². The van der Waals surface area contributed by atoms with E-state index in [0.29, 0.717) is 24.5 Å². The van der Waals surface area contributed by atoms with E-state index in [4.69, 9.17) is 11.0 Å². The molecule has 2 N–H and O–H groups in total. The maximum Gasteiger partial charge on any atom is 0.234 e. The first kappa shape index (κ1) is 13.3. The van der Waals surface area contributed by atoms with Gasteiger partial charge in [-0.3, -0.25) is 0 Å². The van der Waals surface area contributed by atoms with Crippen molar-refractivity contribution in [3.05, 3.63) is 48.5 Å². The number of nitrogen functional groups attached to an aromatic ring is 1. The van der Waals surface area contributed by atoms with E-state index in [1.807, 2.05) is 57.6 Å². The van der Waals surface area contributed by atoms with Crippen molar-refractivity contribution in [3.8, 4) is 17.5 Å². The van der Waals surface area contributed by atoms with Gasteiger partial charge in [0.1, 0.15) is 0 Å². The minimum atomic E-state index is 0.429. The van der Waals surface area contributed by atoms with Crippen molar-refractivity contribution < 1.29 is 0 Å². The first-order valence-corrected chi connectivity index (χ1v) is 7.35. The highest BCUT2D eigenvalue weighted by Gasteiger charge is 2.15. The Balaban J connectivity index is 1.94. The summed E-state index contributed by atoms with van der Waals surface area (Å²) in [5.41, 5.74) is 9.37. The van der Waals surface area contributed by atoms with Crippen LogP contribution in [0.4, 0.5) is 5.69 Å². The molecule has 112 valence electrons. The first-order valence-electron chi connectivity index (χ1n) is 7.35. The molecule has 0 atom stereocenters. The average molecular weight is 302 g/mol. The molecule has 0 saturated heterocycles. The molecule has 6 nitrogen and oxygen atoms in total. The molecule has 2 aromatic carbocycles. The van der Waals surface area contributed by atoms with E-state index in [0.717, 1.165) is 22.4 Å². The lowest BCUT2D eigenvalue weighted by Gasteiger charge is -2.00. The van der Waals surface area contributed by atoms with E-state index >= 15 is 0 Å². The Hall–Kier alpha value is -3.33. The Morgan fingerprint density at radius 2 is 1.78 bits per heavy atom. The number of anilines is 1. The summed E-state index contributed by atoms with van der Waals surface area (Å²) in [6.45, 7) is 0.591. The molecule has 0 aliphatic heterocycles. The second-order valence-corrected chi connectivity index (χ2v) is 5.32. The molecule has 0 fully saturated rings. The molecule has 0 aliphatic carbocycles. The number of nitrogens with two attached hydrogens (primary N) is 1. The van der Waals surface area contributed by atoms with Gasteiger partial charge in [0.15, 0.2) is 5.82 Å². The van der Waals surface area contributed by atoms with Gasteiger partial charge < -0.3 is 10.3 Å². The maximum atomic E-state index is 8.90. The molecule has 4 aromatic rings. The van der Waals surface area contributed by atoms with Crippen LogP contribution >= 0.6 is 0 Å². The molecule has 0 unspecified atom stereocenters. The largest absolute Gasteiger partial charge is 0.399 e. The fourth-order valence-corrected chi connectivity index (χ4v) is 2.76. The van der Waals surface area contributed by atoms with E-state index < -0.39 is 0 Å². The molecule has 0 bridgehead atoms. The van der Waals surface area contributed by atoms with Gasteiger partial charge in [-0.2, -0.15) is 14.8 Å². The van der Waals surface area contributed by atoms with Crippen molar-refractivity contribution in [2.45, 2.75) is 13.0 Å². The standard InChI is InChI=1S/C17H14N6/c18-10-3-11-22-14-4-1-2-5-15(14)23-17(22)20-16(21-23)12-6-8-13(19)9-7-12/h1-2,4-9H,3,11,19H2. The highest BCUT2D eigenvalue weighted by molar-refractivity contribution is 5.81. The van der Waals surface area contributed by atoms with E-state index in [1.165, 1.54) is 0 Å². The Bertz CT molecular complexity index is 1030. The molecule has 2 heterocycles. The number of rotatable bonds is 3. The molecular formula is C17H14N6. The number of nitriles is 1. The van der Waals surface area contributed by atoms with Gasteiger partial charge in [0.2, 0.25) is 5.78 Å². The van der Waals surface area contributed by atoms with Gasteiger partial charge in [0.25, 0.3) is 0 Å². The molecule has 0 radical (unpaired) electrons. The van der Waals surface area contributed by atoms with Crippen molar-refractivity contribution in [3.63, 3.8) is 0 Å². The summed E-state index contributed by atoms with van der Waals surface area (Å²) < 4.78 is 3.87. The van der Waals surface area contributed by atoms with Crippen LogP contribution in [-0.4, -0.2) is 19.2 Å². The number of benzene rings is 2. The molecule has 0 saturated carbocycles. The quantitative estimate of drug-likeness (QED) is 0.590. The lowest BCUT2D eigenvalue weighted by molar-refractivity contribution is 0.751. The summed E-state index contributed by atoms with van der Waals surface area (Å²) in [4.78, 5) is 4.67. The van der Waals surface area contributed by atoms with Gasteiger partial charge in [-0.25, -0.2) is 0 Å². The fraction of sp³-hybridized carbons (Fsp3) is 0.118. The SMILES string of the molecule is N#CCCn1c2ccccc2n2nc(-c3ccc(N)cc3)nc12. The number of imidazole rings is 1. The minimum Gasteiger partial charge on any atom is -0.399 e. The highest BCUT2D eigenvalue weighted by atomic mass is 15.4. The predicted molar refractivity (Wildman–Crippen MR) is 88.6 cm³/mol. The number of para-hydroxylation sites is 2. The van der Waals surface area contributed by atoms with Crippen molar-refractivity contribution in [1.82, 2.24) is 19.2 Å². The van der Waals surface area contributed by atoms with Gasteiger partial charge in [-0.1, -0.05) is 12.1 Å². The third-order valence-electron chi connectivity index (χ3n) is 3.85. The highest BCUT2D eigenvalue weighted by Crippen LogP contribution is 2.24. The van der Waals surface area contributed by atoms with Crippen LogP contribution in [0.2, 0.25) is 0 Å². The van der Waals surface area contributed by atoms with Gasteiger partial charge in [0.05, 0.1) is 23.5 Å². The normalized spacial score (nSPS) is 11.1. The molecule has 0 aliphatic rings. The van der Waals surface area contributed by atoms with Crippen LogP contribution in [0.25, 0.3) is 28.2 Å². The molecule has 0 spiro atoms. The topological polar surface area (TPSA) is 84.9 Å². The molecule has 23 heavy (non-hydrogen) atoms. The lowest BCUT2D eigenvalue weighted by atomic mass is 10.2. The van der Waals surface area contributed by atoms with E-state index in [9.17, 15) is 0 Å². The van der Waals surface area contributed by atoms with Crippen LogP contribution in [0.3, 0.4) is 0 Å². The smallest absolute Gasteiger partial charge is 0.234 e. The van der Waals surface area contributed by atoms with Crippen LogP contribution in [0.1, 0.15) is 6.42 Å². The Morgan fingerprint density at radius 1 is 1.04 bits per heavy atom. The zero-order chi connectivity index (χ0) is 15.8. The van der Waals surface area contributed by atoms with E-state index in [-0.39, 0.29) is 0 Å². The van der Waals surface area contributed by atoms with Crippen LogP contribution in [0.5, 0.6) is 0 Å². The summed E-state index contributed by atoms with van der Waals surface area (Å²) in [5.74, 6) is 1.39. The summed E-state index contributed by atoms with van der Waals surface area (Å²) in [5, 5.41) is 13.5. The van der Waals surface area contributed by atoms with Crippen molar-refractivity contribution in [1.29, 1.82) is 5.26 Å². The molecule has 4 rings (SSSR count). The Morgan fingerprint density at radius 3 is 2.52 bits per heavy atom. The van der Waals surface area contributed by atoms with Crippen LogP contribution in [0.15, 0.2) is 48.5 Å². The van der Waals surface area contributed by atoms with Crippen molar-refractivity contribution in [2.75, 3.05) is 5.73 Å². The van der Waals surface area contributed by atoms with Gasteiger partial charge in [-0.15, -0.1) is 5.10 Å². The third-order valence-corrected chi connectivity index (χ3v) is 3.85. The summed E-state index contributed by atoms with van der Waals surface area (Å²) in [6.07, 6.45) is 0.429. The van der Waals surface area contributed by atoms with Crippen LogP contribution in [-0.2, 0) is 6.54 Å². The first-order chi connectivity index (χ1) is 11.3. The number of aromatic nitrogens is 4. The van der Waals surface area contributed by atoms with E-state index in [2.05, 4.69) is 16.2 Å². The zero-order valence-electron chi connectivity index (χ0n) is 12.3. The lowest BCUT2D eigenvalue weighted by Crippen LogP contribution is -1.97. The van der Waals surface area contributed by atoms with Gasteiger partial charge >= 0.3 is 0 Å². The van der Waals surface area contributed by atoms with Gasteiger partial charge in [0, 0.05) is 17.8 Å². The second kappa shape index (κ2) is 5.14. The number of hydrogen-bond acceptors (Lipinski definition) is 4. The Kier molecular flexibility index (Phi) is 2.98. The van der Waals surface area contributed by atoms with Crippen molar-refractivity contribution in [2.24, 2.45) is 0 Å². The number of aryl methyl sites for hydroxylation is 1. The van der Waals surface area contributed by atoms with Crippen LogP contribution < -0.4 is 5.73 Å². The van der Waals surface area contributed by atoms with Crippen LogP contribution in [0, 0.1) is 11.3 Å². The zero-order valence-corrected chi connectivity index (χ0v) is 12.3. The number of fused-ring (bicyclic) bond motifs is 3. The van der Waals surface area contributed by atoms with Gasteiger partial charge in [-0.05, 0) is 36.4 Å². The number of hydrogen-bond donors (Lipinski definition) is 1. The maximum absolute atomic E-state index is 8.90. The van der Waals surface area contributed by atoms with Crippen molar-refractivity contribution >= 4 is 22.5 Å². The predicted octanol–water partition coefficient (Wildman–Crippen LogP) is 2.85. The molecule has 6 heteroatoms. The number of nitrogens with zero attached hydrogens (tertiary/aromatic N) is 5. The summed E-state index contributed by atoms with van der Waals surface area (Å²) in [6, 6.07) is 17.7. The molecular weight excluding hydrogens is 288 g/mol.